The van der Waals surface area contributed by atoms with Crippen molar-refractivity contribution in [2.24, 2.45) is 5.73 Å². The van der Waals surface area contributed by atoms with Crippen molar-refractivity contribution in [3.05, 3.63) is 18.5 Å². The van der Waals surface area contributed by atoms with E-state index in [4.69, 9.17) is 5.73 Å². The third-order valence-corrected chi connectivity index (χ3v) is 3.82. The first kappa shape index (κ1) is 14.1. The van der Waals surface area contributed by atoms with E-state index in [0.717, 1.165) is 38.6 Å². The van der Waals surface area contributed by atoms with Crippen molar-refractivity contribution in [2.45, 2.75) is 57.7 Å². The molecule has 2 rings (SSSR count). The molecule has 0 saturated heterocycles. The van der Waals surface area contributed by atoms with E-state index in [1.165, 1.54) is 0 Å². The Labute approximate surface area is 114 Å². The minimum atomic E-state index is 0.172. The highest BCUT2D eigenvalue weighted by atomic mass is 16.2. The zero-order valence-corrected chi connectivity index (χ0v) is 11.7. The maximum absolute atomic E-state index is 12.4. The van der Waals surface area contributed by atoms with Crippen LogP contribution < -0.4 is 5.73 Å². The van der Waals surface area contributed by atoms with Crippen LogP contribution in [0.15, 0.2) is 18.5 Å². The van der Waals surface area contributed by atoms with E-state index in [1.807, 2.05) is 17.2 Å². The Morgan fingerprint density at radius 1 is 1.42 bits per heavy atom. The first-order valence-electron chi connectivity index (χ1n) is 7.23. The van der Waals surface area contributed by atoms with Crippen LogP contribution in [0.1, 0.15) is 39.0 Å². The van der Waals surface area contributed by atoms with Crippen LogP contribution in [0, 0.1) is 0 Å². The van der Waals surface area contributed by atoms with E-state index in [9.17, 15) is 4.79 Å². The lowest BCUT2D eigenvalue weighted by Crippen LogP contribution is -2.45. The van der Waals surface area contributed by atoms with Gasteiger partial charge >= 0.3 is 0 Å². The fourth-order valence-corrected chi connectivity index (χ4v) is 2.79. The number of nitrogens with two attached hydrogens (primary N) is 1. The molecule has 1 fully saturated rings. The molecule has 2 N–H and O–H groups in total. The second-order valence-electron chi connectivity index (χ2n) is 5.36. The summed E-state index contributed by atoms with van der Waals surface area (Å²) in [7, 11) is 0. The standard InChI is InChI=1S/C14H24N4O/c1-2-9-18(13-6-4-12(15)5-7-13)14(19)11-17-10-3-8-16-17/h3,8,10,12-13H,2,4-7,9,11,15H2,1H3. The summed E-state index contributed by atoms with van der Waals surface area (Å²) in [6.07, 6.45) is 8.65. The van der Waals surface area contributed by atoms with Gasteiger partial charge in [0, 0.05) is 31.0 Å². The van der Waals surface area contributed by atoms with E-state index in [1.54, 1.807) is 10.9 Å². The third kappa shape index (κ3) is 3.80. The van der Waals surface area contributed by atoms with Gasteiger partial charge in [-0.3, -0.25) is 9.48 Å². The number of rotatable bonds is 5. The van der Waals surface area contributed by atoms with Gasteiger partial charge in [-0.25, -0.2) is 0 Å². The van der Waals surface area contributed by atoms with Crippen molar-refractivity contribution in [3.8, 4) is 0 Å². The summed E-state index contributed by atoms with van der Waals surface area (Å²) in [6.45, 7) is 3.29. The molecular weight excluding hydrogens is 240 g/mol. The zero-order valence-electron chi connectivity index (χ0n) is 11.7. The van der Waals surface area contributed by atoms with Crippen molar-refractivity contribution in [1.29, 1.82) is 0 Å². The summed E-state index contributed by atoms with van der Waals surface area (Å²) in [5, 5.41) is 4.11. The molecule has 0 radical (unpaired) electrons. The molecule has 1 aliphatic carbocycles. The van der Waals surface area contributed by atoms with E-state index in [2.05, 4.69) is 12.0 Å². The SMILES string of the molecule is CCCN(C(=O)Cn1cccn1)C1CCC(N)CC1. The molecule has 0 bridgehead atoms. The van der Waals surface area contributed by atoms with Crippen LogP contribution in [0.3, 0.4) is 0 Å². The van der Waals surface area contributed by atoms with Crippen LogP contribution in [-0.4, -0.2) is 39.2 Å². The largest absolute Gasteiger partial charge is 0.338 e. The topological polar surface area (TPSA) is 64.2 Å². The van der Waals surface area contributed by atoms with Gasteiger partial charge in [-0.15, -0.1) is 0 Å². The summed E-state index contributed by atoms with van der Waals surface area (Å²) in [4.78, 5) is 14.5. The minimum Gasteiger partial charge on any atom is -0.338 e. The van der Waals surface area contributed by atoms with Crippen molar-refractivity contribution < 1.29 is 4.79 Å². The molecule has 5 heteroatoms. The molecule has 1 heterocycles. The first-order chi connectivity index (χ1) is 9.20. The number of carbonyl (C=O) groups is 1. The maximum Gasteiger partial charge on any atom is 0.244 e. The number of hydrogen-bond donors (Lipinski definition) is 1. The fraction of sp³-hybridized carbons (Fsp3) is 0.714. The Morgan fingerprint density at radius 3 is 2.74 bits per heavy atom. The zero-order chi connectivity index (χ0) is 13.7. The summed E-state index contributed by atoms with van der Waals surface area (Å²) in [5.74, 6) is 0.172. The van der Waals surface area contributed by atoms with Gasteiger partial charge in [0.1, 0.15) is 6.54 Å². The predicted molar refractivity (Wildman–Crippen MR) is 74.5 cm³/mol. The quantitative estimate of drug-likeness (QED) is 0.874. The smallest absolute Gasteiger partial charge is 0.244 e. The van der Waals surface area contributed by atoms with Crippen LogP contribution in [0.25, 0.3) is 0 Å². The molecule has 1 aromatic heterocycles. The molecule has 0 aliphatic heterocycles. The Kier molecular flexibility index (Phi) is 4.96. The van der Waals surface area contributed by atoms with Gasteiger partial charge in [-0.2, -0.15) is 5.10 Å². The third-order valence-electron chi connectivity index (χ3n) is 3.82. The van der Waals surface area contributed by atoms with Gasteiger partial charge in [-0.1, -0.05) is 6.92 Å². The number of amides is 1. The highest BCUT2D eigenvalue weighted by Crippen LogP contribution is 2.22. The van der Waals surface area contributed by atoms with E-state index >= 15 is 0 Å². The molecule has 0 aromatic carbocycles. The fourth-order valence-electron chi connectivity index (χ4n) is 2.79. The Balaban J connectivity index is 1.96. The van der Waals surface area contributed by atoms with Gasteiger partial charge in [0.25, 0.3) is 0 Å². The number of carbonyl (C=O) groups excluding carboxylic acids is 1. The number of nitrogens with zero attached hydrogens (tertiary/aromatic N) is 3. The lowest BCUT2D eigenvalue weighted by atomic mass is 9.90. The molecule has 1 aromatic rings. The van der Waals surface area contributed by atoms with E-state index in [0.29, 0.717) is 18.6 Å². The summed E-state index contributed by atoms with van der Waals surface area (Å²) >= 11 is 0. The summed E-state index contributed by atoms with van der Waals surface area (Å²) in [5.41, 5.74) is 5.94. The van der Waals surface area contributed by atoms with E-state index < -0.39 is 0 Å². The molecular formula is C14H24N4O. The molecule has 0 unspecified atom stereocenters. The molecule has 1 saturated carbocycles. The van der Waals surface area contributed by atoms with Crippen molar-refractivity contribution in [2.75, 3.05) is 6.54 Å². The van der Waals surface area contributed by atoms with Gasteiger partial charge < -0.3 is 10.6 Å². The van der Waals surface area contributed by atoms with Crippen LogP contribution in [-0.2, 0) is 11.3 Å². The van der Waals surface area contributed by atoms with Crippen LogP contribution in [0.5, 0.6) is 0 Å². The summed E-state index contributed by atoms with van der Waals surface area (Å²) < 4.78 is 1.69. The molecule has 1 amide bonds. The maximum atomic E-state index is 12.4. The minimum absolute atomic E-state index is 0.172. The highest BCUT2D eigenvalue weighted by molar-refractivity contribution is 5.76. The molecule has 5 nitrogen and oxygen atoms in total. The van der Waals surface area contributed by atoms with Crippen LogP contribution in [0.2, 0.25) is 0 Å². The second-order valence-corrected chi connectivity index (χ2v) is 5.36. The lowest BCUT2D eigenvalue weighted by Gasteiger charge is -2.36. The number of hydrogen-bond acceptors (Lipinski definition) is 3. The van der Waals surface area contributed by atoms with Gasteiger partial charge in [0.05, 0.1) is 0 Å². The Morgan fingerprint density at radius 2 is 2.16 bits per heavy atom. The monoisotopic (exact) mass is 264 g/mol. The predicted octanol–water partition coefficient (Wildman–Crippen LogP) is 1.39. The van der Waals surface area contributed by atoms with Crippen molar-refractivity contribution in [1.82, 2.24) is 14.7 Å². The second kappa shape index (κ2) is 6.70. The molecule has 0 atom stereocenters. The van der Waals surface area contributed by atoms with Crippen molar-refractivity contribution >= 4 is 5.91 Å². The van der Waals surface area contributed by atoms with E-state index in [-0.39, 0.29) is 5.91 Å². The summed E-state index contributed by atoms with van der Waals surface area (Å²) in [6, 6.07) is 2.53. The Hall–Kier alpha value is -1.36. The first-order valence-corrected chi connectivity index (χ1v) is 7.23. The highest BCUT2D eigenvalue weighted by Gasteiger charge is 2.27. The van der Waals surface area contributed by atoms with Crippen LogP contribution in [0.4, 0.5) is 0 Å². The average Bonchev–Trinajstić information content (AvgIpc) is 2.90. The molecule has 19 heavy (non-hydrogen) atoms. The molecule has 1 aliphatic rings. The molecule has 0 spiro atoms. The van der Waals surface area contributed by atoms with Gasteiger partial charge in [0.15, 0.2) is 0 Å². The van der Waals surface area contributed by atoms with Crippen molar-refractivity contribution in [3.63, 3.8) is 0 Å². The molecule has 106 valence electrons. The lowest BCUT2D eigenvalue weighted by molar-refractivity contribution is -0.135. The van der Waals surface area contributed by atoms with Crippen LogP contribution >= 0.6 is 0 Å². The normalized spacial score (nSPS) is 23.3. The Bertz CT molecular complexity index is 382. The number of aromatic nitrogens is 2. The van der Waals surface area contributed by atoms with Gasteiger partial charge in [-0.05, 0) is 38.2 Å². The average molecular weight is 264 g/mol. The van der Waals surface area contributed by atoms with Gasteiger partial charge in [0.2, 0.25) is 5.91 Å².